The zero-order valence-electron chi connectivity index (χ0n) is 10.7. The molecule has 10 heteroatoms. The quantitative estimate of drug-likeness (QED) is 0.411. The van der Waals surface area contributed by atoms with E-state index in [-0.39, 0.29) is 22.9 Å². The van der Waals surface area contributed by atoms with Crippen LogP contribution >= 0.6 is 0 Å². The van der Waals surface area contributed by atoms with Crippen LogP contribution in [0.25, 0.3) is 11.2 Å². The molecule has 2 heterocycles. The number of nitrogen functional groups attached to an aromatic ring is 2. The molecule has 10 nitrogen and oxygen atoms in total. The lowest BCUT2D eigenvalue weighted by Gasteiger charge is -2.25. The Morgan fingerprint density at radius 2 is 2.05 bits per heavy atom. The van der Waals surface area contributed by atoms with Crippen LogP contribution in [0, 0.1) is 0 Å². The van der Waals surface area contributed by atoms with Gasteiger partial charge in [0.25, 0.3) is 0 Å². The van der Waals surface area contributed by atoms with Gasteiger partial charge in [-0.05, 0) is 0 Å². The minimum absolute atomic E-state index is 0.0680. The molecule has 0 unspecified atom stereocenters. The van der Waals surface area contributed by atoms with Crippen molar-refractivity contribution in [3.05, 3.63) is 6.33 Å². The number of aliphatic hydroxyl groups is 3. The van der Waals surface area contributed by atoms with Crippen molar-refractivity contribution in [2.24, 2.45) is 0 Å². The molecule has 0 aromatic carbocycles. The van der Waals surface area contributed by atoms with Crippen LogP contribution in [-0.4, -0.2) is 60.8 Å². The molecule has 7 N–H and O–H groups in total. The van der Waals surface area contributed by atoms with E-state index in [1.165, 1.54) is 18.0 Å². The molecule has 0 saturated heterocycles. The number of imidazole rings is 1. The van der Waals surface area contributed by atoms with E-state index >= 15 is 0 Å². The first kappa shape index (κ1) is 14.4. The van der Waals surface area contributed by atoms with Crippen LogP contribution in [0.3, 0.4) is 0 Å². The molecule has 20 heavy (non-hydrogen) atoms. The highest BCUT2D eigenvalue weighted by Crippen LogP contribution is 2.22. The van der Waals surface area contributed by atoms with E-state index in [0.29, 0.717) is 0 Å². The highest BCUT2D eigenvalue weighted by atomic mass is 16.5. The Morgan fingerprint density at radius 3 is 2.65 bits per heavy atom. The van der Waals surface area contributed by atoms with Crippen LogP contribution in [0.15, 0.2) is 6.33 Å². The second-order valence-electron chi connectivity index (χ2n) is 4.15. The van der Waals surface area contributed by atoms with Crippen LogP contribution in [-0.2, 0) is 4.74 Å². The van der Waals surface area contributed by atoms with Gasteiger partial charge in [-0.2, -0.15) is 9.97 Å². The molecular weight excluding hydrogens is 268 g/mol. The first-order chi connectivity index (χ1) is 9.49. The van der Waals surface area contributed by atoms with Crippen LogP contribution in [0.2, 0.25) is 0 Å². The van der Waals surface area contributed by atoms with Gasteiger partial charge in [0.05, 0.1) is 12.9 Å². The molecule has 0 amide bonds. The average molecular weight is 284 g/mol. The summed E-state index contributed by atoms with van der Waals surface area (Å²) in [5.74, 6) is -0.0118. The number of hydrogen-bond acceptors (Lipinski definition) is 9. The maximum Gasteiger partial charge on any atom is 0.224 e. The number of rotatable bonds is 5. The number of aliphatic hydroxyl groups excluding tert-OH is 3. The van der Waals surface area contributed by atoms with E-state index in [1.807, 2.05) is 0 Å². The number of anilines is 2. The molecule has 0 spiro atoms. The summed E-state index contributed by atoms with van der Waals surface area (Å²) in [6.07, 6.45) is -2.54. The Kier molecular flexibility index (Phi) is 3.99. The maximum absolute atomic E-state index is 10.1. The smallest absolute Gasteiger partial charge is 0.224 e. The summed E-state index contributed by atoms with van der Waals surface area (Å²) in [4.78, 5) is 11.6. The van der Waals surface area contributed by atoms with E-state index < -0.39 is 25.0 Å². The van der Waals surface area contributed by atoms with Crippen LogP contribution in [0.1, 0.15) is 6.23 Å². The number of nitrogens with zero attached hydrogens (tertiary/aromatic N) is 4. The normalized spacial score (nSPS) is 16.2. The molecule has 110 valence electrons. The fraction of sp³-hybridized carbons (Fsp3) is 0.500. The van der Waals surface area contributed by atoms with Gasteiger partial charge in [0.1, 0.15) is 17.7 Å². The van der Waals surface area contributed by atoms with Crippen molar-refractivity contribution in [2.75, 3.05) is 25.2 Å². The molecule has 0 radical (unpaired) electrons. The minimum Gasteiger partial charge on any atom is -0.394 e. The fourth-order valence-electron chi connectivity index (χ4n) is 1.83. The molecule has 0 aliphatic rings. The standard InChI is InChI=1S/C10H16N6O4/c1-20-4(2-17)6(18)9(19)16-3-13-5-7(11)14-10(12)15-8(5)16/h3-4,6,9,17-19H,2H2,1H3,(H4,11,12,14,15)/t4-,6-,9-/m1/s1. The molecule has 0 bridgehead atoms. The van der Waals surface area contributed by atoms with Gasteiger partial charge in [-0.3, -0.25) is 4.57 Å². The van der Waals surface area contributed by atoms with Crippen molar-refractivity contribution in [3.8, 4) is 0 Å². The lowest BCUT2D eigenvalue weighted by atomic mass is 10.2. The summed E-state index contributed by atoms with van der Waals surface area (Å²) in [6.45, 7) is -0.458. The fourth-order valence-corrected chi connectivity index (χ4v) is 1.83. The summed E-state index contributed by atoms with van der Waals surface area (Å²) in [6, 6.07) is 0. The Balaban J connectivity index is 2.42. The molecule has 2 aromatic heterocycles. The third-order valence-electron chi connectivity index (χ3n) is 2.92. The van der Waals surface area contributed by atoms with Gasteiger partial charge in [-0.25, -0.2) is 4.98 Å². The van der Waals surface area contributed by atoms with Gasteiger partial charge in [0.2, 0.25) is 5.95 Å². The molecule has 0 aliphatic carbocycles. The lowest BCUT2D eigenvalue weighted by Crippen LogP contribution is -2.38. The van der Waals surface area contributed by atoms with E-state index in [0.717, 1.165) is 0 Å². The number of aromatic nitrogens is 4. The highest BCUT2D eigenvalue weighted by Gasteiger charge is 2.29. The van der Waals surface area contributed by atoms with Gasteiger partial charge in [0, 0.05) is 7.11 Å². The zero-order chi connectivity index (χ0) is 14.9. The first-order valence-electron chi connectivity index (χ1n) is 5.75. The second-order valence-corrected chi connectivity index (χ2v) is 4.15. The number of methoxy groups -OCH3 is 1. The van der Waals surface area contributed by atoms with E-state index in [1.54, 1.807) is 0 Å². The summed E-state index contributed by atoms with van der Waals surface area (Å²) in [5.41, 5.74) is 11.6. The SMILES string of the molecule is CO[C@H](CO)[C@@H](O)[C@@H](O)n1cnc2c(N)nc(N)nc21. The summed E-state index contributed by atoms with van der Waals surface area (Å²) in [7, 11) is 1.31. The van der Waals surface area contributed by atoms with Crippen molar-refractivity contribution < 1.29 is 20.1 Å². The topological polar surface area (TPSA) is 166 Å². The van der Waals surface area contributed by atoms with Crippen molar-refractivity contribution >= 4 is 22.9 Å². The predicted molar refractivity (Wildman–Crippen MR) is 69.3 cm³/mol. The largest absolute Gasteiger partial charge is 0.394 e. The van der Waals surface area contributed by atoms with E-state index in [2.05, 4.69) is 15.0 Å². The molecule has 3 atom stereocenters. The third-order valence-corrected chi connectivity index (χ3v) is 2.92. The maximum atomic E-state index is 10.1. The van der Waals surface area contributed by atoms with Gasteiger partial charge < -0.3 is 31.5 Å². The minimum atomic E-state index is -1.44. The Bertz CT molecular complexity index is 599. The zero-order valence-corrected chi connectivity index (χ0v) is 10.7. The second kappa shape index (κ2) is 5.54. The Labute approximate surface area is 113 Å². The number of fused-ring (bicyclic) bond motifs is 1. The monoisotopic (exact) mass is 284 g/mol. The summed E-state index contributed by atoms with van der Waals surface area (Å²) >= 11 is 0. The van der Waals surface area contributed by atoms with Gasteiger partial charge in [0.15, 0.2) is 17.7 Å². The number of nitrogens with two attached hydrogens (primary N) is 2. The number of hydrogen-bond donors (Lipinski definition) is 5. The van der Waals surface area contributed by atoms with Crippen LogP contribution in [0.4, 0.5) is 11.8 Å². The Morgan fingerprint density at radius 1 is 1.35 bits per heavy atom. The molecular formula is C10H16N6O4. The van der Waals surface area contributed by atoms with E-state index in [9.17, 15) is 10.2 Å². The molecule has 0 saturated carbocycles. The van der Waals surface area contributed by atoms with Gasteiger partial charge >= 0.3 is 0 Å². The predicted octanol–water partition coefficient (Wildman–Crippen LogP) is -2.15. The van der Waals surface area contributed by atoms with E-state index in [4.69, 9.17) is 21.3 Å². The van der Waals surface area contributed by atoms with Gasteiger partial charge in [-0.1, -0.05) is 0 Å². The number of ether oxygens (including phenoxy) is 1. The first-order valence-corrected chi connectivity index (χ1v) is 5.75. The van der Waals surface area contributed by atoms with Crippen molar-refractivity contribution in [3.63, 3.8) is 0 Å². The molecule has 2 rings (SSSR count). The van der Waals surface area contributed by atoms with Crippen molar-refractivity contribution in [1.82, 2.24) is 19.5 Å². The van der Waals surface area contributed by atoms with Gasteiger partial charge in [-0.15, -0.1) is 0 Å². The molecule has 0 aliphatic heterocycles. The average Bonchev–Trinajstić information content (AvgIpc) is 2.83. The van der Waals surface area contributed by atoms with Crippen LogP contribution < -0.4 is 11.5 Å². The molecule has 0 fully saturated rings. The molecule has 2 aromatic rings. The summed E-state index contributed by atoms with van der Waals surface area (Å²) < 4.78 is 6.04. The Hall–Kier alpha value is -2.01. The van der Waals surface area contributed by atoms with Crippen LogP contribution in [0.5, 0.6) is 0 Å². The van der Waals surface area contributed by atoms with Crippen molar-refractivity contribution in [2.45, 2.75) is 18.4 Å². The summed E-state index contributed by atoms with van der Waals surface area (Å²) in [5, 5.41) is 29.1. The highest BCUT2D eigenvalue weighted by molar-refractivity contribution is 5.82. The van der Waals surface area contributed by atoms with Crippen molar-refractivity contribution in [1.29, 1.82) is 0 Å². The third kappa shape index (κ3) is 2.36. The lowest BCUT2D eigenvalue weighted by molar-refractivity contribution is -0.116.